The molecule has 1 aromatic carbocycles. The van der Waals surface area contributed by atoms with Crippen molar-refractivity contribution in [3.8, 4) is 0 Å². The van der Waals surface area contributed by atoms with Crippen molar-refractivity contribution in [1.82, 2.24) is 10.3 Å². The number of rotatable bonds is 3. The third kappa shape index (κ3) is 2.85. The molecule has 2 rings (SSSR count). The standard InChI is InChI=1S/C11H9BrFN3OS/c12-7-4-8(13)9(14)3-6(7)11(17)16-5-10-15-1-2-18-10/h1-4H,5,14H2,(H,16,17). The van der Waals surface area contributed by atoms with Crippen LogP contribution in [0.4, 0.5) is 10.1 Å². The van der Waals surface area contributed by atoms with Crippen LogP contribution in [0, 0.1) is 5.82 Å². The van der Waals surface area contributed by atoms with Crippen molar-refractivity contribution in [3.63, 3.8) is 0 Å². The second kappa shape index (κ2) is 5.45. The number of nitrogens with two attached hydrogens (primary N) is 1. The van der Waals surface area contributed by atoms with Crippen molar-refractivity contribution in [2.45, 2.75) is 6.54 Å². The first-order chi connectivity index (χ1) is 8.58. The molecule has 1 amide bonds. The number of nitrogens with one attached hydrogen (secondary N) is 1. The molecule has 1 heterocycles. The second-order valence-corrected chi connectivity index (χ2v) is 5.30. The van der Waals surface area contributed by atoms with E-state index in [9.17, 15) is 9.18 Å². The number of anilines is 1. The van der Waals surface area contributed by atoms with Crippen LogP contribution in [0.5, 0.6) is 0 Å². The number of carbonyl (C=O) groups excluding carboxylic acids is 1. The van der Waals surface area contributed by atoms with Crippen LogP contribution in [0.1, 0.15) is 15.4 Å². The predicted octanol–water partition coefficient (Wildman–Crippen LogP) is 2.56. The van der Waals surface area contributed by atoms with Crippen LogP contribution in [0.3, 0.4) is 0 Å². The molecule has 18 heavy (non-hydrogen) atoms. The van der Waals surface area contributed by atoms with Gasteiger partial charge in [-0.2, -0.15) is 0 Å². The molecule has 0 spiro atoms. The van der Waals surface area contributed by atoms with E-state index in [1.54, 1.807) is 6.20 Å². The van der Waals surface area contributed by atoms with E-state index < -0.39 is 5.82 Å². The maximum Gasteiger partial charge on any atom is 0.252 e. The fraction of sp³-hybridized carbons (Fsp3) is 0.0909. The summed E-state index contributed by atoms with van der Waals surface area (Å²) in [5, 5.41) is 5.32. The minimum absolute atomic E-state index is 0.0578. The fourth-order valence-electron chi connectivity index (χ4n) is 1.33. The molecule has 0 saturated heterocycles. The molecule has 4 nitrogen and oxygen atoms in total. The van der Waals surface area contributed by atoms with Crippen LogP contribution >= 0.6 is 27.3 Å². The van der Waals surface area contributed by atoms with E-state index >= 15 is 0 Å². The van der Waals surface area contributed by atoms with Gasteiger partial charge in [-0.3, -0.25) is 4.79 Å². The predicted molar refractivity (Wildman–Crippen MR) is 71.8 cm³/mol. The van der Waals surface area contributed by atoms with Crippen molar-refractivity contribution in [2.75, 3.05) is 5.73 Å². The Morgan fingerprint density at radius 2 is 2.33 bits per heavy atom. The largest absolute Gasteiger partial charge is 0.396 e. The van der Waals surface area contributed by atoms with E-state index in [1.165, 1.54) is 23.5 Å². The SMILES string of the molecule is Nc1cc(C(=O)NCc2nccs2)c(Br)cc1F. The highest BCUT2D eigenvalue weighted by Crippen LogP contribution is 2.22. The van der Waals surface area contributed by atoms with Crippen molar-refractivity contribution in [1.29, 1.82) is 0 Å². The Bertz CT molecular complexity index is 574. The van der Waals surface area contributed by atoms with Gasteiger partial charge in [-0.1, -0.05) is 0 Å². The Kier molecular flexibility index (Phi) is 3.93. The van der Waals surface area contributed by atoms with Crippen LogP contribution < -0.4 is 11.1 Å². The molecular formula is C11H9BrFN3OS. The highest BCUT2D eigenvalue weighted by atomic mass is 79.9. The van der Waals surface area contributed by atoms with Gasteiger partial charge in [0.1, 0.15) is 10.8 Å². The zero-order valence-electron chi connectivity index (χ0n) is 9.11. The van der Waals surface area contributed by atoms with Crippen LogP contribution in [-0.4, -0.2) is 10.9 Å². The van der Waals surface area contributed by atoms with Gasteiger partial charge in [0.15, 0.2) is 0 Å². The molecule has 0 aliphatic heterocycles. The zero-order valence-corrected chi connectivity index (χ0v) is 11.5. The van der Waals surface area contributed by atoms with Crippen LogP contribution in [0.25, 0.3) is 0 Å². The lowest BCUT2D eigenvalue weighted by Crippen LogP contribution is -2.23. The van der Waals surface area contributed by atoms with E-state index in [1.807, 2.05) is 5.38 Å². The molecular weight excluding hydrogens is 321 g/mol. The summed E-state index contributed by atoms with van der Waals surface area (Å²) >= 11 is 4.58. The number of amides is 1. The minimum Gasteiger partial charge on any atom is -0.396 e. The van der Waals surface area contributed by atoms with E-state index in [2.05, 4.69) is 26.2 Å². The number of nitrogen functional groups attached to an aromatic ring is 1. The maximum atomic E-state index is 13.1. The molecule has 0 unspecified atom stereocenters. The van der Waals surface area contributed by atoms with Gasteiger partial charge in [0.25, 0.3) is 5.91 Å². The molecule has 0 aliphatic carbocycles. The number of carbonyl (C=O) groups is 1. The first-order valence-corrected chi connectivity index (χ1v) is 6.66. The molecule has 0 aliphatic rings. The summed E-state index contributed by atoms with van der Waals surface area (Å²) < 4.78 is 13.5. The van der Waals surface area contributed by atoms with Gasteiger partial charge < -0.3 is 11.1 Å². The molecule has 94 valence electrons. The average Bonchev–Trinajstić information content (AvgIpc) is 2.84. The summed E-state index contributed by atoms with van der Waals surface area (Å²) in [6.07, 6.45) is 1.66. The highest BCUT2D eigenvalue weighted by Gasteiger charge is 2.13. The Hall–Kier alpha value is -1.47. The van der Waals surface area contributed by atoms with Crippen LogP contribution in [0.15, 0.2) is 28.2 Å². The van der Waals surface area contributed by atoms with Crippen molar-refractivity contribution in [2.24, 2.45) is 0 Å². The Morgan fingerprint density at radius 1 is 1.56 bits per heavy atom. The number of nitrogens with zero attached hydrogens (tertiary/aromatic N) is 1. The van der Waals surface area contributed by atoms with E-state index in [0.29, 0.717) is 16.6 Å². The molecule has 1 aromatic heterocycles. The quantitative estimate of drug-likeness (QED) is 0.850. The summed E-state index contributed by atoms with van der Waals surface area (Å²) in [5.74, 6) is -0.887. The third-order valence-corrected chi connectivity index (χ3v) is 3.65. The summed E-state index contributed by atoms with van der Waals surface area (Å²) in [6, 6.07) is 2.48. The molecule has 2 aromatic rings. The third-order valence-electron chi connectivity index (χ3n) is 2.21. The Morgan fingerprint density at radius 3 is 3.00 bits per heavy atom. The smallest absolute Gasteiger partial charge is 0.252 e. The molecule has 3 N–H and O–H groups in total. The lowest BCUT2D eigenvalue weighted by atomic mass is 10.2. The van der Waals surface area contributed by atoms with Crippen molar-refractivity contribution in [3.05, 3.63) is 44.6 Å². The van der Waals surface area contributed by atoms with E-state index in [-0.39, 0.29) is 11.6 Å². The molecule has 0 saturated carbocycles. The first kappa shape index (κ1) is 13.0. The summed E-state index contributed by atoms with van der Waals surface area (Å²) in [5.41, 5.74) is 5.67. The van der Waals surface area contributed by atoms with Crippen LogP contribution in [0.2, 0.25) is 0 Å². The first-order valence-electron chi connectivity index (χ1n) is 4.99. The topological polar surface area (TPSA) is 68.0 Å². The van der Waals surface area contributed by atoms with Gasteiger partial charge in [-0.15, -0.1) is 11.3 Å². The number of thiazole rings is 1. The van der Waals surface area contributed by atoms with Crippen molar-refractivity contribution >= 4 is 38.9 Å². The number of halogens is 2. The van der Waals surface area contributed by atoms with E-state index in [4.69, 9.17) is 5.73 Å². The van der Waals surface area contributed by atoms with Gasteiger partial charge in [-0.25, -0.2) is 9.37 Å². The average molecular weight is 330 g/mol. The van der Waals surface area contributed by atoms with Gasteiger partial charge in [0, 0.05) is 16.0 Å². The lowest BCUT2D eigenvalue weighted by Gasteiger charge is -2.07. The van der Waals surface area contributed by atoms with Gasteiger partial charge >= 0.3 is 0 Å². The van der Waals surface area contributed by atoms with Gasteiger partial charge in [-0.05, 0) is 28.1 Å². The summed E-state index contributed by atoms with van der Waals surface area (Å²) in [6.45, 7) is 0.334. The normalized spacial score (nSPS) is 10.3. The number of aromatic nitrogens is 1. The minimum atomic E-state index is -0.557. The molecule has 0 atom stereocenters. The van der Waals surface area contributed by atoms with Crippen molar-refractivity contribution < 1.29 is 9.18 Å². The highest BCUT2D eigenvalue weighted by molar-refractivity contribution is 9.10. The van der Waals surface area contributed by atoms with Crippen LogP contribution in [-0.2, 0) is 6.54 Å². The maximum absolute atomic E-state index is 13.1. The molecule has 0 fully saturated rings. The fourth-order valence-corrected chi connectivity index (χ4v) is 2.38. The lowest BCUT2D eigenvalue weighted by molar-refractivity contribution is 0.0950. The number of benzene rings is 1. The van der Waals surface area contributed by atoms with E-state index in [0.717, 1.165) is 5.01 Å². The molecule has 0 radical (unpaired) electrons. The Labute approximate surface area is 115 Å². The van der Waals surface area contributed by atoms with Gasteiger partial charge in [0.05, 0.1) is 17.8 Å². The summed E-state index contributed by atoms with van der Waals surface area (Å²) in [4.78, 5) is 15.9. The molecule has 7 heteroatoms. The second-order valence-electron chi connectivity index (χ2n) is 3.46. The molecule has 0 bridgehead atoms. The van der Waals surface area contributed by atoms with Gasteiger partial charge in [0.2, 0.25) is 0 Å². The summed E-state index contributed by atoms with van der Waals surface area (Å²) in [7, 11) is 0. The number of hydrogen-bond acceptors (Lipinski definition) is 4. The Balaban J connectivity index is 2.11. The monoisotopic (exact) mass is 329 g/mol. The zero-order chi connectivity index (χ0) is 13.1. The number of hydrogen-bond donors (Lipinski definition) is 2.